The van der Waals surface area contributed by atoms with Crippen molar-refractivity contribution in [1.82, 2.24) is 5.32 Å². The fourth-order valence-electron chi connectivity index (χ4n) is 1.21. The molecule has 0 bridgehead atoms. The quantitative estimate of drug-likeness (QED) is 0.352. The summed E-state index contributed by atoms with van der Waals surface area (Å²) >= 11 is 0. The molecule has 0 aliphatic heterocycles. The number of carboxylic acids is 1. The first kappa shape index (κ1) is 15.8. The lowest BCUT2D eigenvalue weighted by Crippen LogP contribution is -2.57. The number of aliphatic hydroxyl groups excluding tert-OH is 2. The number of carboxylic acid groups (broad SMARTS) is 1. The molecule has 0 radical (unpaired) electrons. The molecule has 0 aliphatic rings. The minimum atomic E-state index is -1.10. The Morgan fingerprint density at radius 1 is 1.35 bits per heavy atom. The van der Waals surface area contributed by atoms with Crippen LogP contribution in [0.5, 0.6) is 0 Å². The molecule has 1 amide bonds. The van der Waals surface area contributed by atoms with Crippen molar-refractivity contribution in [3.8, 4) is 0 Å². The van der Waals surface area contributed by atoms with E-state index in [2.05, 4.69) is 5.32 Å². The van der Waals surface area contributed by atoms with Gasteiger partial charge in [0.25, 0.3) is 0 Å². The molecule has 100 valence electrons. The van der Waals surface area contributed by atoms with Crippen LogP contribution in [0.4, 0.5) is 0 Å². The molecule has 0 fully saturated rings. The summed E-state index contributed by atoms with van der Waals surface area (Å²) in [4.78, 5) is 21.9. The van der Waals surface area contributed by atoms with Crippen LogP contribution < -0.4 is 11.1 Å². The first-order valence-corrected chi connectivity index (χ1v) is 5.42. The molecule has 1 atom stereocenters. The Hall–Kier alpha value is -1.18. The van der Waals surface area contributed by atoms with E-state index < -0.39 is 36.7 Å². The van der Waals surface area contributed by atoms with Gasteiger partial charge in [-0.2, -0.15) is 0 Å². The average molecular weight is 248 g/mol. The fourth-order valence-corrected chi connectivity index (χ4v) is 1.21. The number of hydrogen-bond acceptors (Lipinski definition) is 5. The van der Waals surface area contributed by atoms with E-state index in [9.17, 15) is 9.59 Å². The molecule has 7 nitrogen and oxygen atoms in total. The summed E-state index contributed by atoms with van der Waals surface area (Å²) in [5.41, 5.74) is 4.40. The van der Waals surface area contributed by atoms with Gasteiger partial charge in [0.1, 0.15) is 0 Å². The van der Waals surface area contributed by atoms with Gasteiger partial charge in [0.2, 0.25) is 5.91 Å². The topological polar surface area (TPSA) is 133 Å². The zero-order valence-electron chi connectivity index (χ0n) is 9.85. The second kappa shape index (κ2) is 7.21. The highest BCUT2D eigenvalue weighted by Gasteiger charge is 2.30. The van der Waals surface area contributed by atoms with Gasteiger partial charge in [0, 0.05) is 6.42 Å². The van der Waals surface area contributed by atoms with E-state index in [0.29, 0.717) is 6.42 Å². The Morgan fingerprint density at radius 3 is 2.24 bits per heavy atom. The lowest BCUT2D eigenvalue weighted by molar-refractivity contribution is -0.137. The molecule has 7 heteroatoms. The van der Waals surface area contributed by atoms with Gasteiger partial charge in [-0.3, -0.25) is 9.59 Å². The number of aliphatic carboxylic acids is 1. The van der Waals surface area contributed by atoms with Gasteiger partial charge in [-0.25, -0.2) is 0 Å². The monoisotopic (exact) mass is 248 g/mol. The molecular formula is C10H20N2O5. The van der Waals surface area contributed by atoms with Gasteiger partial charge in [-0.15, -0.1) is 0 Å². The maximum atomic E-state index is 11.6. The van der Waals surface area contributed by atoms with Crippen LogP contribution in [0.3, 0.4) is 0 Å². The molecule has 0 aromatic heterocycles. The minimum Gasteiger partial charge on any atom is -0.481 e. The van der Waals surface area contributed by atoms with Crippen molar-refractivity contribution in [2.45, 2.75) is 37.8 Å². The van der Waals surface area contributed by atoms with Crippen molar-refractivity contribution in [3.63, 3.8) is 0 Å². The largest absolute Gasteiger partial charge is 0.481 e. The van der Waals surface area contributed by atoms with Crippen molar-refractivity contribution in [2.24, 2.45) is 5.73 Å². The molecule has 0 saturated heterocycles. The van der Waals surface area contributed by atoms with E-state index in [-0.39, 0.29) is 12.8 Å². The Balaban J connectivity index is 4.35. The van der Waals surface area contributed by atoms with Crippen molar-refractivity contribution >= 4 is 11.9 Å². The molecule has 0 aliphatic carbocycles. The standard InChI is InChI=1S/C10H20N2O5/c1-2-10(5-13,6-14)12-9(17)7(11)3-4-8(15)16/h7,13-14H,2-6,11H2,1H3,(H,12,17)(H,15,16). The minimum absolute atomic E-state index is 0.0117. The molecule has 0 aromatic rings. The molecule has 0 saturated carbocycles. The van der Waals surface area contributed by atoms with E-state index >= 15 is 0 Å². The van der Waals surface area contributed by atoms with Gasteiger partial charge in [-0.1, -0.05) is 6.92 Å². The van der Waals surface area contributed by atoms with Gasteiger partial charge < -0.3 is 26.4 Å². The van der Waals surface area contributed by atoms with Gasteiger partial charge in [-0.05, 0) is 12.8 Å². The maximum Gasteiger partial charge on any atom is 0.303 e. The number of carbonyl (C=O) groups excluding carboxylic acids is 1. The summed E-state index contributed by atoms with van der Waals surface area (Å²) in [5.74, 6) is -1.60. The number of amides is 1. The van der Waals surface area contributed by atoms with Crippen molar-refractivity contribution in [3.05, 3.63) is 0 Å². The predicted octanol–water partition coefficient (Wildman–Crippen LogP) is -1.57. The third-order valence-electron chi connectivity index (χ3n) is 2.68. The molecule has 1 unspecified atom stereocenters. The Kier molecular flexibility index (Phi) is 6.71. The highest BCUT2D eigenvalue weighted by molar-refractivity contribution is 5.82. The fraction of sp³-hybridized carbons (Fsp3) is 0.800. The maximum absolute atomic E-state index is 11.6. The van der Waals surface area contributed by atoms with Gasteiger partial charge in [0.15, 0.2) is 0 Å². The van der Waals surface area contributed by atoms with E-state index in [4.69, 9.17) is 21.1 Å². The summed E-state index contributed by atoms with van der Waals surface area (Å²) < 4.78 is 0. The highest BCUT2D eigenvalue weighted by atomic mass is 16.4. The zero-order valence-corrected chi connectivity index (χ0v) is 9.85. The predicted molar refractivity (Wildman–Crippen MR) is 60.2 cm³/mol. The summed E-state index contributed by atoms with van der Waals surface area (Å²) in [6.07, 6.45) is 0.154. The Labute approximate surface area is 99.6 Å². The molecule has 6 N–H and O–H groups in total. The van der Waals surface area contributed by atoms with Crippen LogP contribution >= 0.6 is 0 Å². The number of hydrogen-bond donors (Lipinski definition) is 5. The van der Waals surface area contributed by atoms with Crippen molar-refractivity contribution < 1.29 is 24.9 Å². The molecule has 0 spiro atoms. The third-order valence-corrected chi connectivity index (χ3v) is 2.68. The second-order valence-electron chi connectivity index (χ2n) is 3.98. The Morgan fingerprint density at radius 2 is 1.88 bits per heavy atom. The molecule has 0 aromatic carbocycles. The normalized spacial score (nSPS) is 13.2. The first-order chi connectivity index (χ1) is 7.90. The summed E-state index contributed by atoms with van der Waals surface area (Å²) in [6.45, 7) is 0.893. The summed E-state index contributed by atoms with van der Waals surface area (Å²) in [7, 11) is 0. The van der Waals surface area contributed by atoms with Gasteiger partial charge >= 0.3 is 5.97 Å². The van der Waals surface area contributed by atoms with E-state index in [1.54, 1.807) is 6.92 Å². The summed E-state index contributed by atoms with van der Waals surface area (Å²) in [6, 6.07) is -0.963. The van der Waals surface area contributed by atoms with Crippen LogP contribution in [-0.4, -0.2) is 52.0 Å². The van der Waals surface area contributed by atoms with Crippen molar-refractivity contribution in [1.29, 1.82) is 0 Å². The number of rotatable bonds is 8. The van der Waals surface area contributed by atoms with Crippen LogP contribution in [0, 0.1) is 0 Å². The SMILES string of the molecule is CCC(CO)(CO)NC(=O)C(N)CCC(=O)O. The third kappa shape index (κ3) is 5.12. The number of carbonyl (C=O) groups is 2. The smallest absolute Gasteiger partial charge is 0.303 e. The van der Waals surface area contributed by atoms with E-state index in [1.165, 1.54) is 0 Å². The second-order valence-corrected chi connectivity index (χ2v) is 3.98. The van der Waals surface area contributed by atoms with Crippen LogP contribution in [-0.2, 0) is 9.59 Å². The van der Waals surface area contributed by atoms with Crippen LogP contribution in [0.2, 0.25) is 0 Å². The van der Waals surface area contributed by atoms with Gasteiger partial charge in [0.05, 0.1) is 24.8 Å². The number of nitrogens with one attached hydrogen (secondary N) is 1. The van der Waals surface area contributed by atoms with Crippen LogP contribution in [0.25, 0.3) is 0 Å². The van der Waals surface area contributed by atoms with Crippen molar-refractivity contribution in [2.75, 3.05) is 13.2 Å². The molecule has 0 rings (SSSR count). The van der Waals surface area contributed by atoms with E-state index in [0.717, 1.165) is 0 Å². The first-order valence-electron chi connectivity index (χ1n) is 5.42. The van der Waals surface area contributed by atoms with E-state index in [1.807, 2.05) is 0 Å². The Bertz CT molecular complexity index is 257. The molecular weight excluding hydrogens is 228 g/mol. The molecule has 0 heterocycles. The highest BCUT2D eigenvalue weighted by Crippen LogP contribution is 2.09. The lowest BCUT2D eigenvalue weighted by atomic mass is 9.97. The number of aliphatic hydroxyl groups is 2. The van der Waals surface area contributed by atoms with Crippen LogP contribution in [0.1, 0.15) is 26.2 Å². The zero-order chi connectivity index (χ0) is 13.5. The number of nitrogens with two attached hydrogens (primary N) is 1. The summed E-state index contributed by atoms with van der Waals surface area (Å²) in [5, 5.41) is 29.1. The van der Waals surface area contributed by atoms with Crippen LogP contribution in [0.15, 0.2) is 0 Å². The average Bonchev–Trinajstić information content (AvgIpc) is 2.32. The lowest BCUT2D eigenvalue weighted by Gasteiger charge is -2.30. The molecule has 17 heavy (non-hydrogen) atoms.